The highest BCUT2D eigenvalue weighted by Gasteiger charge is 2.12. The van der Waals surface area contributed by atoms with E-state index in [-0.39, 0.29) is 5.97 Å². The molecular weight excluding hydrogens is 390 g/mol. The Morgan fingerprint density at radius 3 is 2.81 bits per heavy atom. The minimum atomic E-state index is -0.122. The molecule has 0 aliphatic heterocycles. The molecule has 0 fully saturated rings. The summed E-state index contributed by atoms with van der Waals surface area (Å²) in [5.74, 6) is 1.34. The molecule has 0 bridgehead atoms. The molecule has 1 aromatic heterocycles. The van der Waals surface area contributed by atoms with Gasteiger partial charge in [0.15, 0.2) is 5.58 Å². The third-order valence-corrected chi connectivity index (χ3v) is 5.23. The number of rotatable bonds is 9. The number of oxazole rings is 1. The van der Waals surface area contributed by atoms with E-state index in [0.29, 0.717) is 25.5 Å². The van der Waals surface area contributed by atoms with Crippen LogP contribution in [-0.2, 0) is 9.53 Å². The van der Waals surface area contributed by atoms with Crippen LogP contribution in [0.1, 0.15) is 38.2 Å². The molecule has 0 atom stereocenters. The van der Waals surface area contributed by atoms with Gasteiger partial charge >= 0.3 is 5.97 Å². The van der Waals surface area contributed by atoms with Gasteiger partial charge in [-0.1, -0.05) is 18.2 Å². The molecule has 5 nitrogen and oxygen atoms in total. The molecule has 31 heavy (non-hydrogen) atoms. The average molecular weight is 418 g/mol. The predicted molar refractivity (Wildman–Crippen MR) is 122 cm³/mol. The van der Waals surface area contributed by atoms with Crippen LogP contribution in [0.25, 0.3) is 33.3 Å². The first-order valence-electron chi connectivity index (χ1n) is 10.8. The van der Waals surface area contributed by atoms with E-state index < -0.39 is 0 Å². The Hall–Kier alpha value is -3.34. The summed E-state index contributed by atoms with van der Waals surface area (Å²) >= 11 is 0. The Kier molecular flexibility index (Phi) is 6.51. The van der Waals surface area contributed by atoms with Crippen molar-refractivity contribution in [1.29, 1.82) is 0 Å². The standard InChI is InChI=1S/C26H27NO4/c1-3-29-25(28)10-5-4-6-15-30-20-12-13-21-19(17-20)8-7-9-22(21)26-27-23-14-11-18(2)16-24(23)31-26/h7-9,11-14,16-17H,3-6,10,15H2,1-2H3. The summed E-state index contributed by atoms with van der Waals surface area (Å²) in [4.78, 5) is 16.0. The summed E-state index contributed by atoms with van der Waals surface area (Å²) in [7, 11) is 0. The van der Waals surface area contributed by atoms with Crippen LogP contribution in [-0.4, -0.2) is 24.2 Å². The van der Waals surface area contributed by atoms with Gasteiger partial charge < -0.3 is 13.9 Å². The molecule has 1 heterocycles. The molecule has 0 saturated heterocycles. The number of nitrogens with zero attached hydrogens (tertiary/aromatic N) is 1. The molecule has 0 unspecified atom stereocenters. The zero-order valence-electron chi connectivity index (χ0n) is 18.0. The lowest BCUT2D eigenvalue weighted by Gasteiger charge is -2.09. The maximum absolute atomic E-state index is 11.4. The van der Waals surface area contributed by atoms with Crippen molar-refractivity contribution in [2.45, 2.75) is 39.5 Å². The maximum Gasteiger partial charge on any atom is 0.305 e. The van der Waals surface area contributed by atoms with Crippen LogP contribution >= 0.6 is 0 Å². The van der Waals surface area contributed by atoms with E-state index in [9.17, 15) is 4.79 Å². The fourth-order valence-electron chi connectivity index (χ4n) is 3.66. The van der Waals surface area contributed by atoms with Gasteiger partial charge in [-0.2, -0.15) is 0 Å². The van der Waals surface area contributed by atoms with Crippen molar-refractivity contribution in [2.75, 3.05) is 13.2 Å². The molecule has 0 spiro atoms. The highest BCUT2D eigenvalue weighted by molar-refractivity contribution is 5.96. The van der Waals surface area contributed by atoms with Crippen molar-refractivity contribution >= 4 is 27.8 Å². The fourth-order valence-corrected chi connectivity index (χ4v) is 3.66. The molecule has 0 amide bonds. The minimum Gasteiger partial charge on any atom is -0.494 e. The molecule has 160 valence electrons. The van der Waals surface area contributed by atoms with E-state index in [1.54, 1.807) is 0 Å². The van der Waals surface area contributed by atoms with Gasteiger partial charge in [0.05, 0.1) is 13.2 Å². The fraction of sp³-hybridized carbons (Fsp3) is 0.308. The van der Waals surface area contributed by atoms with Gasteiger partial charge in [0.25, 0.3) is 0 Å². The normalized spacial score (nSPS) is 11.2. The zero-order valence-corrected chi connectivity index (χ0v) is 18.0. The van der Waals surface area contributed by atoms with E-state index in [1.807, 2.05) is 56.3 Å². The molecule has 0 radical (unpaired) electrons. The number of ether oxygens (including phenoxy) is 2. The Morgan fingerprint density at radius 2 is 1.94 bits per heavy atom. The average Bonchev–Trinajstić information content (AvgIpc) is 3.18. The second kappa shape index (κ2) is 9.65. The second-order valence-corrected chi connectivity index (χ2v) is 7.64. The SMILES string of the molecule is CCOC(=O)CCCCCOc1ccc2c(-c3nc4ccc(C)cc4o3)cccc2c1. The molecular formula is C26H27NO4. The lowest BCUT2D eigenvalue weighted by molar-refractivity contribution is -0.143. The first-order chi connectivity index (χ1) is 15.1. The molecule has 0 aliphatic rings. The molecule has 5 heteroatoms. The summed E-state index contributed by atoms with van der Waals surface area (Å²) in [6, 6.07) is 18.2. The molecule has 0 aliphatic carbocycles. The summed E-state index contributed by atoms with van der Waals surface area (Å²) in [6.45, 7) is 4.93. The van der Waals surface area contributed by atoms with Crippen LogP contribution in [0.2, 0.25) is 0 Å². The van der Waals surface area contributed by atoms with Gasteiger partial charge in [-0.05, 0) is 85.8 Å². The van der Waals surface area contributed by atoms with Crippen LogP contribution in [0.15, 0.2) is 59.0 Å². The van der Waals surface area contributed by atoms with Gasteiger partial charge in [0.1, 0.15) is 11.3 Å². The van der Waals surface area contributed by atoms with Crippen molar-refractivity contribution in [1.82, 2.24) is 4.98 Å². The monoisotopic (exact) mass is 417 g/mol. The molecule has 3 aromatic carbocycles. The number of hydrogen-bond acceptors (Lipinski definition) is 5. The molecule has 4 rings (SSSR count). The Labute approximate surface area is 182 Å². The third-order valence-electron chi connectivity index (χ3n) is 5.23. The number of aryl methyl sites for hydroxylation is 1. The Balaban J connectivity index is 1.41. The van der Waals surface area contributed by atoms with Gasteiger partial charge in [0, 0.05) is 12.0 Å². The van der Waals surface area contributed by atoms with Crippen molar-refractivity contribution in [3.05, 3.63) is 60.2 Å². The molecule has 4 aromatic rings. The largest absolute Gasteiger partial charge is 0.494 e. The Morgan fingerprint density at radius 1 is 1.03 bits per heavy atom. The summed E-state index contributed by atoms with van der Waals surface area (Å²) in [5, 5.41) is 2.16. The van der Waals surface area contributed by atoms with Gasteiger partial charge in [-0.15, -0.1) is 0 Å². The third kappa shape index (κ3) is 5.05. The first kappa shape index (κ1) is 20.9. The van der Waals surface area contributed by atoms with Crippen LogP contribution in [0, 0.1) is 6.92 Å². The van der Waals surface area contributed by atoms with E-state index in [0.717, 1.165) is 58.0 Å². The van der Waals surface area contributed by atoms with Gasteiger partial charge in [0.2, 0.25) is 5.89 Å². The minimum absolute atomic E-state index is 0.122. The predicted octanol–water partition coefficient (Wildman–Crippen LogP) is 6.46. The lowest BCUT2D eigenvalue weighted by atomic mass is 10.0. The van der Waals surface area contributed by atoms with Gasteiger partial charge in [-0.25, -0.2) is 4.98 Å². The summed E-state index contributed by atoms with van der Waals surface area (Å²) < 4.78 is 16.9. The number of unbranched alkanes of at least 4 members (excludes halogenated alkanes) is 2. The second-order valence-electron chi connectivity index (χ2n) is 7.64. The van der Waals surface area contributed by atoms with Crippen LogP contribution in [0.4, 0.5) is 0 Å². The van der Waals surface area contributed by atoms with Crippen molar-refractivity contribution in [3.63, 3.8) is 0 Å². The smallest absolute Gasteiger partial charge is 0.305 e. The number of hydrogen-bond donors (Lipinski definition) is 0. The number of carbonyl (C=O) groups is 1. The topological polar surface area (TPSA) is 61.6 Å². The number of benzene rings is 3. The van der Waals surface area contributed by atoms with E-state index in [4.69, 9.17) is 13.9 Å². The number of carbonyl (C=O) groups excluding carboxylic acids is 1. The summed E-state index contributed by atoms with van der Waals surface area (Å²) in [5.41, 5.74) is 3.78. The first-order valence-corrected chi connectivity index (χ1v) is 10.8. The van der Waals surface area contributed by atoms with E-state index in [1.165, 1.54) is 0 Å². The van der Waals surface area contributed by atoms with Crippen molar-refractivity contribution in [2.24, 2.45) is 0 Å². The van der Waals surface area contributed by atoms with Crippen molar-refractivity contribution < 1.29 is 18.7 Å². The molecule has 0 N–H and O–H groups in total. The summed E-state index contributed by atoms with van der Waals surface area (Å²) in [6.07, 6.45) is 3.14. The Bertz CT molecular complexity index is 1190. The zero-order chi connectivity index (χ0) is 21.6. The van der Waals surface area contributed by atoms with Crippen LogP contribution < -0.4 is 4.74 Å². The van der Waals surface area contributed by atoms with Crippen LogP contribution in [0.3, 0.4) is 0 Å². The van der Waals surface area contributed by atoms with E-state index in [2.05, 4.69) is 17.1 Å². The lowest BCUT2D eigenvalue weighted by Crippen LogP contribution is -2.04. The number of aromatic nitrogens is 1. The molecule has 0 saturated carbocycles. The quantitative estimate of drug-likeness (QED) is 0.231. The highest BCUT2D eigenvalue weighted by atomic mass is 16.5. The highest BCUT2D eigenvalue weighted by Crippen LogP contribution is 2.32. The van der Waals surface area contributed by atoms with E-state index >= 15 is 0 Å². The van der Waals surface area contributed by atoms with Crippen molar-refractivity contribution in [3.8, 4) is 17.2 Å². The number of esters is 1. The van der Waals surface area contributed by atoms with Crippen LogP contribution in [0.5, 0.6) is 5.75 Å². The number of fused-ring (bicyclic) bond motifs is 2. The maximum atomic E-state index is 11.4. The van der Waals surface area contributed by atoms with Gasteiger partial charge in [-0.3, -0.25) is 4.79 Å².